The Morgan fingerprint density at radius 1 is 1.05 bits per heavy atom. The van der Waals surface area contributed by atoms with Crippen molar-refractivity contribution in [3.8, 4) is 0 Å². The fourth-order valence-corrected chi connectivity index (χ4v) is 10.0. The quantitative estimate of drug-likeness (QED) is 0.346. The van der Waals surface area contributed by atoms with Gasteiger partial charge in [-0.15, -0.1) is 0 Å². The van der Waals surface area contributed by atoms with Crippen LogP contribution in [0.4, 0.5) is 0 Å². The van der Waals surface area contributed by atoms with Crippen LogP contribution in [0.1, 0.15) is 108 Å². The Bertz CT molecular complexity index is 994. The average Bonchev–Trinajstić information content (AvgIpc) is 2.85. The molecule has 5 aliphatic rings. The maximum Gasteiger partial charge on any atom is 0.123 e. The monoisotopic (exact) mass is 569 g/mol. The molecule has 1 aromatic carbocycles. The number of benzene rings is 1. The fraction of sp³-hybridized carbons (Fsp3) is 0.818. The third kappa shape index (κ3) is 6.61. The van der Waals surface area contributed by atoms with Gasteiger partial charge in [-0.05, 0) is 98.7 Å². The summed E-state index contributed by atoms with van der Waals surface area (Å²) in [5.74, 6) is 0.777. The maximum atomic E-state index is 6.92. The summed E-state index contributed by atoms with van der Waals surface area (Å²) < 4.78 is 10.7. The highest BCUT2D eigenvalue weighted by Crippen LogP contribution is 2.57. The molecule has 2 heterocycles. The number of nitrogens with two attached hydrogens (primary N) is 1. The second kappa shape index (κ2) is 11.8. The number of aryl methyl sites for hydroxylation is 2. The van der Waals surface area contributed by atoms with Crippen LogP contribution >= 0.6 is 11.9 Å². The molecule has 3 saturated carbocycles. The lowest BCUT2D eigenvalue weighted by Gasteiger charge is -2.61. The molecule has 0 aromatic heterocycles. The zero-order valence-electron chi connectivity index (χ0n) is 25.7. The van der Waals surface area contributed by atoms with Crippen LogP contribution in [0.3, 0.4) is 0 Å². The third-order valence-electron chi connectivity index (χ3n) is 10.6. The van der Waals surface area contributed by atoms with Crippen molar-refractivity contribution in [3.63, 3.8) is 0 Å². The van der Waals surface area contributed by atoms with Gasteiger partial charge in [0.05, 0.1) is 6.61 Å². The van der Waals surface area contributed by atoms with Crippen LogP contribution in [0, 0.1) is 30.6 Å². The van der Waals surface area contributed by atoms with Gasteiger partial charge in [0.25, 0.3) is 0 Å². The van der Waals surface area contributed by atoms with Gasteiger partial charge >= 0.3 is 0 Å². The van der Waals surface area contributed by atoms with Gasteiger partial charge in [-0.3, -0.25) is 15.5 Å². The summed E-state index contributed by atoms with van der Waals surface area (Å²) in [4.78, 5) is 2.95. The fourth-order valence-electron chi connectivity index (χ4n) is 8.89. The molecule has 5 N–H and O–H groups in total. The van der Waals surface area contributed by atoms with Crippen molar-refractivity contribution in [3.05, 3.63) is 34.9 Å². The van der Waals surface area contributed by atoms with E-state index in [0.29, 0.717) is 28.8 Å². The minimum Gasteiger partial charge on any atom is -0.362 e. The predicted octanol–water partition coefficient (Wildman–Crippen LogP) is 5.74. The number of rotatable bonds is 3. The SMILES string of the molecule is Cc1cccc(C)c1C1CC2NC(NSC3CCCC(C3)CN(C3CC4(CC(N)C4)C3)[C@H](CC(C)(C)C)CO2)N1. The summed E-state index contributed by atoms with van der Waals surface area (Å²) in [5.41, 5.74) is 11.2. The first kappa shape index (κ1) is 29.4. The van der Waals surface area contributed by atoms with E-state index in [2.05, 4.69) is 73.1 Å². The van der Waals surface area contributed by atoms with E-state index in [1.807, 2.05) is 11.9 Å². The molecule has 1 spiro atoms. The molecule has 6 rings (SSSR count). The van der Waals surface area contributed by atoms with E-state index >= 15 is 0 Å². The van der Waals surface area contributed by atoms with Crippen LogP contribution in [-0.2, 0) is 4.74 Å². The largest absolute Gasteiger partial charge is 0.362 e. The summed E-state index contributed by atoms with van der Waals surface area (Å²) in [6.07, 6.45) is 12.7. The first-order chi connectivity index (χ1) is 19.1. The summed E-state index contributed by atoms with van der Waals surface area (Å²) in [7, 11) is 0. The standard InChI is InChI=1S/C33H55N5OS/c1-21-8-6-9-22(2)30(21)28-13-29-36-31(35-28)37-40-27-11-7-10-23(12-27)19-38(26(20-39-29)16-32(3,4)5)25-17-33(18-25)14-24(34)15-33/h6,8-9,23-29,31,35-37H,7,10-20,34H2,1-5H3/t23?,24?,25?,26-,27?,28?,29?,31?,33?/m1/s1. The topological polar surface area (TPSA) is 74.6 Å². The number of nitrogens with zero attached hydrogens (tertiary/aromatic N) is 1. The van der Waals surface area contributed by atoms with E-state index < -0.39 is 0 Å². The van der Waals surface area contributed by atoms with Crippen molar-refractivity contribution in [1.29, 1.82) is 0 Å². The molecule has 6 nitrogen and oxygen atoms in total. The molecule has 40 heavy (non-hydrogen) atoms. The second-order valence-electron chi connectivity index (χ2n) is 15.4. The van der Waals surface area contributed by atoms with Gasteiger partial charge in [0.1, 0.15) is 12.5 Å². The Hall–Kier alpha value is -0.670. The molecule has 6 atom stereocenters. The zero-order valence-corrected chi connectivity index (χ0v) is 26.5. The molecule has 4 bridgehead atoms. The first-order valence-electron chi connectivity index (χ1n) is 16.2. The van der Waals surface area contributed by atoms with Crippen LogP contribution in [0.5, 0.6) is 0 Å². The number of fused-ring (bicyclic) bond motifs is 4. The first-order valence-corrected chi connectivity index (χ1v) is 17.1. The lowest BCUT2D eigenvalue weighted by atomic mass is 9.52. The van der Waals surface area contributed by atoms with Crippen LogP contribution < -0.4 is 21.1 Å². The van der Waals surface area contributed by atoms with E-state index in [1.54, 1.807) is 0 Å². The van der Waals surface area contributed by atoms with Crippen molar-refractivity contribution >= 4 is 11.9 Å². The van der Waals surface area contributed by atoms with Crippen molar-refractivity contribution in [2.75, 3.05) is 13.2 Å². The van der Waals surface area contributed by atoms with Crippen molar-refractivity contribution in [2.24, 2.45) is 22.5 Å². The number of nitrogens with one attached hydrogen (secondary N) is 3. The molecule has 224 valence electrons. The molecule has 0 amide bonds. The van der Waals surface area contributed by atoms with Gasteiger partial charge in [-0.25, -0.2) is 4.72 Å². The van der Waals surface area contributed by atoms with Gasteiger partial charge < -0.3 is 10.5 Å². The lowest BCUT2D eigenvalue weighted by Crippen LogP contribution is -2.63. The normalized spacial score (nSPS) is 41.2. The second-order valence-corrected chi connectivity index (χ2v) is 16.6. The van der Waals surface area contributed by atoms with Gasteiger partial charge in [-0.2, -0.15) is 0 Å². The van der Waals surface area contributed by atoms with Crippen LogP contribution in [0.15, 0.2) is 18.2 Å². The predicted molar refractivity (Wildman–Crippen MR) is 167 cm³/mol. The van der Waals surface area contributed by atoms with E-state index in [-0.39, 0.29) is 24.0 Å². The molecule has 3 aliphatic carbocycles. The summed E-state index contributed by atoms with van der Waals surface area (Å²) in [6, 6.07) is 8.53. The number of ether oxygens (including phenoxy) is 1. The van der Waals surface area contributed by atoms with Crippen LogP contribution in [0.2, 0.25) is 0 Å². The Kier molecular flexibility index (Phi) is 8.66. The zero-order chi connectivity index (χ0) is 28.1. The molecule has 2 saturated heterocycles. The summed E-state index contributed by atoms with van der Waals surface area (Å²) in [6.45, 7) is 13.8. The summed E-state index contributed by atoms with van der Waals surface area (Å²) in [5, 5.41) is 8.37. The molecule has 7 heteroatoms. The van der Waals surface area contributed by atoms with Crippen LogP contribution in [-0.4, -0.2) is 53.9 Å². The minimum absolute atomic E-state index is 0.0187. The van der Waals surface area contributed by atoms with Gasteiger partial charge in [0.15, 0.2) is 0 Å². The van der Waals surface area contributed by atoms with E-state index in [0.717, 1.165) is 18.9 Å². The minimum atomic E-state index is 0.0187. The highest BCUT2D eigenvalue weighted by Gasteiger charge is 2.54. The van der Waals surface area contributed by atoms with Crippen molar-refractivity contribution in [2.45, 2.75) is 141 Å². The van der Waals surface area contributed by atoms with Gasteiger partial charge in [0, 0.05) is 42.4 Å². The molecular formula is C33H55N5OS. The molecule has 5 fully saturated rings. The Morgan fingerprint density at radius 3 is 2.50 bits per heavy atom. The number of hydrogen-bond donors (Lipinski definition) is 4. The van der Waals surface area contributed by atoms with Gasteiger partial charge in [-0.1, -0.05) is 57.3 Å². The number of hydrogen-bond acceptors (Lipinski definition) is 7. The van der Waals surface area contributed by atoms with Crippen LogP contribution in [0.25, 0.3) is 0 Å². The highest BCUT2D eigenvalue weighted by atomic mass is 32.2. The molecule has 0 radical (unpaired) electrons. The summed E-state index contributed by atoms with van der Waals surface area (Å²) >= 11 is 1.96. The Morgan fingerprint density at radius 2 is 1.80 bits per heavy atom. The molecule has 5 unspecified atom stereocenters. The molecule has 2 aliphatic heterocycles. The average molecular weight is 570 g/mol. The van der Waals surface area contributed by atoms with E-state index in [9.17, 15) is 0 Å². The van der Waals surface area contributed by atoms with Crippen molar-refractivity contribution in [1.82, 2.24) is 20.3 Å². The van der Waals surface area contributed by atoms with Gasteiger partial charge in [0.2, 0.25) is 0 Å². The van der Waals surface area contributed by atoms with E-state index in [1.165, 1.54) is 81.0 Å². The lowest BCUT2D eigenvalue weighted by molar-refractivity contribution is -0.110. The Labute approximate surface area is 247 Å². The maximum absolute atomic E-state index is 6.92. The molecular weight excluding hydrogens is 514 g/mol. The molecule has 1 aromatic rings. The van der Waals surface area contributed by atoms with Crippen molar-refractivity contribution < 1.29 is 4.74 Å². The highest BCUT2D eigenvalue weighted by molar-refractivity contribution is 7.98. The van der Waals surface area contributed by atoms with E-state index in [4.69, 9.17) is 10.5 Å². The Balaban J connectivity index is 1.26. The smallest absolute Gasteiger partial charge is 0.123 e. The third-order valence-corrected chi connectivity index (χ3v) is 11.8.